The largest absolute Gasteiger partial charge is 0.444 e. The van der Waals surface area contributed by atoms with Gasteiger partial charge in [0.05, 0.1) is 30.3 Å². The molecule has 1 aliphatic rings. The number of amides is 1. The maximum atomic E-state index is 13.6. The summed E-state index contributed by atoms with van der Waals surface area (Å²) >= 11 is 0. The second-order valence-corrected chi connectivity index (χ2v) is 12.6. The zero-order chi connectivity index (χ0) is 29.4. The molecule has 3 aromatic rings. The van der Waals surface area contributed by atoms with Crippen LogP contribution in [0.15, 0.2) is 78.0 Å². The fourth-order valence-electron chi connectivity index (χ4n) is 4.66. The zero-order valence-corrected chi connectivity index (χ0v) is 24.2. The van der Waals surface area contributed by atoms with Crippen LogP contribution in [0.2, 0.25) is 0 Å². The number of sulfonamides is 1. The van der Waals surface area contributed by atoms with E-state index in [0.717, 1.165) is 16.7 Å². The van der Waals surface area contributed by atoms with E-state index < -0.39 is 28.3 Å². The molecule has 0 saturated carbocycles. The van der Waals surface area contributed by atoms with E-state index in [9.17, 15) is 18.3 Å². The average Bonchev–Trinajstić information content (AvgIpc) is 3.46. The lowest BCUT2D eigenvalue weighted by Crippen LogP contribution is -2.51. The highest BCUT2D eigenvalue weighted by molar-refractivity contribution is 7.89. The van der Waals surface area contributed by atoms with Gasteiger partial charge in [0.15, 0.2) is 0 Å². The number of anilines is 1. The SMILES string of the molecule is CC(C)CN(C[C@@H](O)[C@H](Cc1ccc(-c2ccncc2)cc1)NC(=O)O[C@H]1CCOC1)S(=O)(=O)c1ccc(N)cc1. The number of ether oxygens (including phenoxy) is 2. The van der Waals surface area contributed by atoms with Crippen molar-refractivity contribution < 1.29 is 27.8 Å². The predicted molar refractivity (Wildman–Crippen MR) is 156 cm³/mol. The number of hydrogen-bond acceptors (Lipinski definition) is 8. The minimum atomic E-state index is -3.95. The molecule has 10 nitrogen and oxygen atoms in total. The van der Waals surface area contributed by atoms with Gasteiger partial charge in [-0.3, -0.25) is 4.98 Å². The molecule has 2 heterocycles. The molecule has 1 aliphatic heterocycles. The number of aliphatic hydroxyl groups excluding tert-OH is 1. The highest BCUT2D eigenvalue weighted by atomic mass is 32.2. The van der Waals surface area contributed by atoms with Crippen LogP contribution in [-0.4, -0.2) is 73.5 Å². The molecule has 41 heavy (non-hydrogen) atoms. The molecule has 1 saturated heterocycles. The van der Waals surface area contributed by atoms with Crippen molar-refractivity contribution >= 4 is 21.8 Å². The smallest absolute Gasteiger partial charge is 0.407 e. The van der Waals surface area contributed by atoms with Crippen LogP contribution in [0.4, 0.5) is 10.5 Å². The average molecular weight is 583 g/mol. The minimum Gasteiger partial charge on any atom is -0.444 e. The Hall–Kier alpha value is -3.51. The summed E-state index contributed by atoms with van der Waals surface area (Å²) in [4.78, 5) is 16.9. The molecule has 1 fully saturated rings. The number of carbonyl (C=O) groups excluding carboxylic acids is 1. The van der Waals surface area contributed by atoms with Gasteiger partial charge in [-0.2, -0.15) is 4.31 Å². The van der Waals surface area contributed by atoms with Crippen molar-refractivity contribution in [2.24, 2.45) is 5.92 Å². The molecule has 0 aliphatic carbocycles. The number of nitrogen functional groups attached to an aromatic ring is 1. The zero-order valence-electron chi connectivity index (χ0n) is 23.3. The number of hydrogen-bond donors (Lipinski definition) is 3. The fourth-order valence-corrected chi connectivity index (χ4v) is 6.28. The Labute approximate surface area is 241 Å². The summed E-state index contributed by atoms with van der Waals surface area (Å²) in [7, 11) is -3.95. The third-order valence-corrected chi connectivity index (χ3v) is 8.68. The monoisotopic (exact) mass is 582 g/mol. The van der Waals surface area contributed by atoms with Gasteiger partial charge in [0, 0.05) is 37.6 Å². The number of alkyl carbamates (subject to hydrolysis) is 1. The Balaban J connectivity index is 1.55. The number of nitrogens with one attached hydrogen (secondary N) is 1. The van der Waals surface area contributed by atoms with E-state index in [1.54, 1.807) is 12.4 Å². The van der Waals surface area contributed by atoms with Crippen molar-refractivity contribution in [2.75, 3.05) is 32.0 Å². The third kappa shape index (κ3) is 8.49. The summed E-state index contributed by atoms with van der Waals surface area (Å²) in [6, 6.07) is 16.7. The molecule has 2 aromatic carbocycles. The van der Waals surface area contributed by atoms with Gasteiger partial charge in [-0.25, -0.2) is 13.2 Å². The molecule has 220 valence electrons. The molecular weight excluding hydrogens is 544 g/mol. The molecule has 11 heteroatoms. The van der Waals surface area contributed by atoms with Gasteiger partial charge >= 0.3 is 6.09 Å². The van der Waals surface area contributed by atoms with Gasteiger partial charge in [0.1, 0.15) is 6.10 Å². The molecule has 1 amide bonds. The summed E-state index contributed by atoms with van der Waals surface area (Å²) in [5, 5.41) is 14.2. The van der Waals surface area contributed by atoms with E-state index in [-0.39, 0.29) is 36.4 Å². The Morgan fingerprint density at radius 3 is 2.34 bits per heavy atom. The van der Waals surface area contributed by atoms with Crippen molar-refractivity contribution in [1.82, 2.24) is 14.6 Å². The van der Waals surface area contributed by atoms with Crippen molar-refractivity contribution in [1.29, 1.82) is 0 Å². The van der Waals surface area contributed by atoms with E-state index in [1.165, 1.54) is 28.6 Å². The van der Waals surface area contributed by atoms with E-state index >= 15 is 0 Å². The lowest BCUT2D eigenvalue weighted by atomic mass is 9.98. The summed E-state index contributed by atoms with van der Waals surface area (Å²) in [6.45, 7) is 4.59. The third-order valence-electron chi connectivity index (χ3n) is 6.83. The van der Waals surface area contributed by atoms with Crippen LogP contribution in [0.5, 0.6) is 0 Å². The predicted octanol–water partition coefficient (Wildman–Crippen LogP) is 3.46. The molecule has 4 N–H and O–H groups in total. The second-order valence-electron chi connectivity index (χ2n) is 10.6. The van der Waals surface area contributed by atoms with Gasteiger partial charge < -0.3 is 25.6 Å². The highest BCUT2D eigenvalue weighted by Gasteiger charge is 2.32. The lowest BCUT2D eigenvalue weighted by molar-refractivity contribution is 0.0644. The Kier molecular flexibility index (Phi) is 10.3. The van der Waals surface area contributed by atoms with Crippen molar-refractivity contribution in [2.45, 2.75) is 49.8 Å². The summed E-state index contributed by atoms with van der Waals surface area (Å²) < 4.78 is 39.2. The van der Waals surface area contributed by atoms with Crippen molar-refractivity contribution in [3.05, 3.63) is 78.6 Å². The van der Waals surface area contributed by atoms with Crippen LogP contribution < -0.4 is 11.1 Å². The van der Waals surface area contributed by atoms with Crippen LogP contribution in [-0.2, 0) is 25.9 Å². The van der Waals surface area contributed by atoms with Crippen molar-refractivity contribution in [3.8, 4) is 11.1 Å². The number of carbonyl (C=O) groups is 1. The number of nitrogens with two attached hydrogens (primary N) is 1. The van der Waals surface area contributed by atoms with Crippen LogP contribution in [0.1, 0.15) is 25.8 Å². The maximum Gasteiger partial charge on any atom is 0.407 e. The second kappa shape index (κ2) is 13.9. The Morgan fingerprint density at radius 1 is 1.07 bits per heavy atom. The number of rotatable bonds is 12. The first-order valence-corrected chi connectivity index (χ1v) is 15.1. The van der Waals surface area contributed by atoms with Gasteiger partial charge in [0.25, 0.3) is 0 Å². The van der Waals surface area contributed by atoms with Crippen LogP contribution in [0.25, 0.3) is 11.1 Å². The van der Waals surface area contributed by atoms with Gasteiger partial charge in [-0.1, -0.05) is 38.1 Å². The number of nitrogens with zero attached hydrogens (tertiary/aromatic N) is 2. The van der Waals surface area contributed by atoms with Crippen molar-refractivity contribution in [3.63, 3.8) is 0 Å². The molecule has 0 radical (unpaired) electrons. The highest BCUT2D eigenvalue weighted by Crippen LogP contribution is 2.22. The van der Waals surface area contributed by atoms with Gasteiger partial charge in [0.2, 0.25) is 10.0 Å². The summed E-state index contributed by atoms with van der Waals surface area (Å²) in [5.41, 5.74) is 9.07. The summed E-state index contributed by atoms with van der Waals surface area (Å²) in [5.74, 6) is -0.00905. The quantitative estimate of drug-likeness (QED) is 0.276. The molecule has 4 rings (SSSR count). The standard InChI is InChI=1S/C30H38N4O6S/c1-21(2)18-34(41(37,38)27-9-7-25(31)8-10-27)19-29(35)28(33-30(36)40-26-13-16-39-20-26)17-22-3-5-23(6-4-22)24-11-14-32-15-12-24/h3-12,14-15,21,26,28-29,35H,13,16-20,31H2,1-2H3,(H,33,36)/t26-,28-,29+/m0/s1. The number of aromatic nitrogens is 1. The maximum absolute atomic E-state index is 13.6. The van der Waals surface area contributed by atoms with Crippen LogP contribution in [0.3, 0.4) is 0 Å². The van der Waals surface area contributed by atoms with Crippen LogP contribution >= 0.6 is 0 Å². The Morgan fingerprint density at radius 2 is 1.73 bits per heavy atom. The fraction of sp³-hybridized carbons (Fsp3) is 0.400. The van der Waals surface area contributed by atoms with E-state index in [1.807, 2.05) is 50.2 Å². The topological polar surface area (TPSA) is 144 Å². The molecule has 0 unspecified atom stereocenters. The number of aliphatic hydroxyl groups is 1. The van der Waals surface area contributed by atoms with E-state index in [4.69, 9.17) is 15.2 Å². The first kappa shape index (κ1) is 30.4. The number of benzene rings is 2. The lowest BCUT2D eigenvalue weighted by Gasteiger charge is -2.30. The molecule has 0 spiro atoms. The van der Waals surface area contributed by atoms with E-state index in [2.05, 4.69) is 10.3 Å². The molecule has 1 aromatic heterocycles. The normalized spacial score (nSPS) is 17.0. The summed E-state index contributed by atoms with van der Waals surface area (Å²) in [6.07, 6.45) is 2.02. The molecular formula is C30H38N4O6S. The Bertz CT molecular complexity index is 1360. The van der Waals surface area contributed by atoms with E-state index in [0.29, 0.717) is 25.3 Å². The van der Waals surface area contributed by atoms with Gasteiger partial charge in [-0.05, 0) is 65.4 Å². The first-order chi connectivity index (χ1) is 19.6. The molecule has 0 bridgehead atoms. The minimum absolute atomic E-state index is 0.00905. The van der Waals surface area contributed by atoms with Gasteiger partial charge in [-0.15, -0.1) is 0 Å². The molecule has 3 atom stereocenters. The first-order valence-electron chi connectivity index (χ1n) is 13.7. The van der Waals surface area contributed by atoms with Crippen LogP contribution in [0, 0.1) is 5.92 Å². The number of pyridine rings is 1.